The molecule has 1 aromatic rings. The summed E-state index contributed by atoms with van der Waals surface area (Å²) in [5.41, 5.74) is 0.713. The minimum absolute atomic E-state index is 0.210. The van der Waals surface area contributed by atoms with E-state index in [4.69, 9.17) is 21.7 Å². The third-order valence-corrected chi connectivity index (χ3v) is 4.65. The van der Waals surface area contributed by atoms with Gasteiger partial charge in [0.25, 0.3) is 5.17 Å². The van der Waals surface area contributed by atoms with E-state index < -0.39 is 18.0 Å². The van der Waals surface area contributed by atoms with Crippen LogP contribution in [-0.2, 0) is 14.3 Å². The fourth-order valence-electron chi connectivity index (χ4n) is 2.86. The topological polar surface area (TPSA) is 86.7 Å². The highest BCUT2D eigenvalue weighted by molar-refractivity contribution is 7.80. The molecule has 150 valence electrons. The van der Waals surface area contributed by atoms with Crippen LogP contribution in [0.4, 0.5) is 20.6 Å². The van der Waals surface area contributed by atoms with Crippen LogP contribution in [0.25, 0.3) is 0 Å². The molecule has 0 spiro atoms. The van der Waals surface area contributed by atoms with Crippen LogP contribution in [0.1, 0.15) is 6.92 Å². The van der Waals surface area contributed by atoms with Crippen molar-refractivity contribution >= 4 is 47.1 Å². The fraction of sp³-hybridized carbons (Fsp3) is 0.412. The van der Waals surface area contributed by atoms with Crippen LogP contribution in [0.2, 0.25) is 0 Å². The molecule has 2 amide bonds. The van der Waals surface area contributed by atoms with Gasteiger partial charge in [0.1, 0.15) is 18.3 Å². The number of hydrogen-bond acceptors (Lipinski definition) is 7. The summed E-state index contributed by atoms with van der Waals surface area (Å²) < 4.78 is 24.8. The first kappa shape index (κ1) is 19.8. The summed E-state index contributed by atoms with van der Waals surface area (Å²) in [6.45, 7) is 2.74. The van der Waals surface area contributed by atoms with Crippen molar-refractivity contribution in [2.45, 2.75) is 13.0 Å². The molecule has 0 aliphatic carbocycles. The van der Waals surface area contributed by atoms with Crippen molar-refractivity contribution in [3.8, 4) is 0 Å². The first-order valence-electron chi connectivity index (χ1n) is 8.57. The van der Waals surface area contributed by atoms with E-state index in [1.54, 1.807) is 17.0 Å². The van der Waals surface area contributed by atoms with E-state index in [1.165, 1.54) is 36.3 Å². The van der Waals surface area contributed by atoms with E-state index in [0.29, 0.717) is 24.5 Å². The van der Waals surface area contributed by atoms with Crippen molar-refractivity contribution in [2.75, 3.05) is 43.1 Å². The molecule has 3 rings (SSSR count). The normalized spacial score (nSPS) is 18.9. The predicted molar refractivity (Wildman–Crippen MR) is 105 cm³/mol. The number of nitrogens with zero attached hydrogens (tertiary/aromatic N) is 4. The van der Waals surface area contributed by atoms with Crippen LogP contribution in [-0.4, -0.2) is 67.9 Å². The van der Waals surface area contributed by atoms with E-state index >= 15 is 0 Å². The Morgan fingerprint density at radius 1 is 1.46 bits per heavy atom. The molecule has 0 saturated carbocycles. The molecule has 2 aliphatic heterocycles. The number of ether oxygens (including phenoxy) is 2. The Hall–Kier alpha value is -2.95. The van der Waals surface area contributed by atoms with Gasteiger partial charge in [0.05, 0.1) is 38.1 Å². The molecule has 1 fully saturated rings. The summed E-state index contributed by atoms with van der Waals surface area (Å²) in [5.74, 6) is -0.706. The maximum atomic E-state index is 14.7. The van der Waals surface area contributed by atoms with Crippen molar-refractivity contribution in [1.29, 1.82) is 0 Å². The number of methoxy groups -OCH3 is 1. The number of carbonyl (C=O) groups is 2. The van der Waals surface area contributed by atoms with E-state index in [0.717, 1.165) is 0 Å². The van der Waals surface area contributed by atoms with Gasteiger partial charge in [-0.05, 0) is 30.4 Å². The minimum Gasteiger partial charge on any atom is -0.473 e. The minimum atomic E-state index is -0.578. The molecule has 9 nitrogen and oxygen atoms in total. The van der Waals surface area contributed by atoms with Crippen molar-refractivity contribution in [3.05, 3.63) is 24.0 Å². The number of cyclic esters (lactones) is 1. The second-order valence-corrected chi connectivity index (χ2v) is 6.56. The number of amides is 2. The Labute approximate surface area is 166 Å². The molecule has 28 heavy (non-hydrogen) atoms. The molecule has 0 radical (unpaired) electrons. The number of hydrazone groups is 1. The predicted octanol–water partition coefficient (Wildman–Crippen LogP) is 1.28. The van der Waals surface area contributed by atoms with Gasteiger partial charge in [-0.1, -0.05) is 0 Å². The number of anilines is 2. The monoisotopic (exact) mass is 409 g/mol. The van der Waals surface area contributed by atoms with Crippen LogP contribution in [0.3, 0.4) is 0 Å². The maximum Gasteiger partial charge on any atom is 0.414 e. The highest BCUT2D eigenvalue weighted by Gasteiger charge is 2.33. The second-order valence-electron chi connectivity index (χ2n) is 6.21. The van der Waals surface area contributed by atoms with E-state index in [9.17, 15) is 14.0 Å². The standard InChI is InChI=1S/C17H20FN5O4S/c1-11(24)19-8-13-9-22(16(25)27-13)12-3-4-15(14(18)7-12)21-5-6-23(20-10-21)17(28)26-2/h3-4,7,10,13H,5-6,8-9H2,1-2H3,(H,19,24)/t13-/m0/s1. The fourth-order valence-corrected chi connectivity index (χ4v) is 3.00. The quantitative estimate of drug-likeness (QED) is 0.750. The molecule has 0 unspecified atom stereocenters. The van der Waals surface area contributed by atoms with Crippen LogP contribution in [0, 0.1) is 5.82 Å². The SMILES string of the molecule is COC(=S)N1CCN(c2ccc(N3C[C@H](CNC(C)=O)OC3=O)cc2F)C=N1. The lowest BCUT2D eigenvalue weighted by Crippen LogP contribution is -2.40. The number of nitrogens with one attached hydrogen (secondary N) is 1. The molecule has 11 heteroatoms. The smallest absolute Gasteiger partial charge is 0.414 e. The molecule has 1 atom stereocenters. The summed E-state index contributed by atoms with van der Waals surface area (Å²) in [7, 11) is 1.46. The van der Waals surface area contributed by atoms with Gasteiger partial charge in [-0.15, -0.1) is 0 Å². The first-order valence-corrected chi connectivity index (χ1v) is 8.98. The number of thiocarbonyl (C=S) groups is 1. The molecule has 0 bridgehead atoms. The summed E-state index contributed by atoms with van der Waals surface area (Å²) in [6, 6.07) is 4.49. The molecule has 1 saturated heterocycles. The second kappa shape index (κ2) is 8.38. The number of rotatable bonds is 4. The average molecular weight is 409 g/mol. The van der Waals surface area contributed by atoms with Crippen molar-refractivity contribution in [3.63, 3.8) is 0 Å². The first-order chi connectivity index (χ1) is 13.4. The third kappa shape index (κ3) is 4.30. The number of halogens is 1. The summed E-state index contributed by atoms with van der Waals surface area (Å²) >= 11 is 5.01. The van der Waals surface area contributed by atoms with Gasteiger partial charge in [0.2, 0.25) is 5.91 Å². The lowest BCUT2D eigenvalue weighted by Gasteiger charge is -2.29. The van der Waals surface area contributed by atoms with Gasteiger partial charge in [0, 0.05) is 13.5 Å². The van der Waals surface area contributed by atoms with Gasteiger partial charge in [-0.2, -0.15) is 5.10 Å². The molecular formula is C17H20FN5O4S. The highest BCUT2D eigenvalue weighted by atomic mass is 32.1. The Morgan fingerprint density at radius 2 is 2.25 bits per heavy atom. The van der Waals surface area contributed by atoms with Crippen molar-refractivity contribution in [1.82, 2.24) is 10.3 Å². The molecular weight excluding hydrogens is 389 g/mol. The summed E-state index contributed by atoms with van der Waals surface area (Å²) in [5, 5.41) is 8.49. The Balaban J connectivity index is 1.69. The zero-order valence-electron chi connectivity index (χ0n) is 15.4. The molecule has 2 heterocycles. The lowest BCUT2D eigenvalue weighted by molar-refractivity contribution is -0.119. The average Bonchev–Trinajstić information content (AvgIpc) is 3.06. The zero-order valence-corrected chi connectivity index (χ0v) is 16.2. The highest BCUT2D eigenvalue weighted by Crippen LogP contribution is 2.28. The number of hydrogen-bond donors (Lipinski definition) is 1. The molecule has 0 aromatic heterocycles. The maximum absolute atomic E-state index is 14.7. The number of benzene rings is 1. The van der Waals surface area contributed by atoms with Crippen molar-refractivity contribution < 1.29 is 23.5 Å². The van der Waals surface area contributed by atoms with Crippen LogP contribution in [0.5, 0.6) is 0 Å². The molecule has 1 aromatic carbocycles. The summed E-state index contributed by atoms with van der Waals surface area (Å²) in [6.07, 6.45) is 0.412. The summed E-state index contributed by atoms with van der Waals surface area (Å²) in [4.78, 5) is 26.0. The van der Waals surface area contributed by atoms with Gasteiger partial charge in [-0.3, -0.25) is 9.69 Å². The van der Waals surface area contributed by atoms with Crippen LogP contribution >= 0.6 is 12.2 Å². The van der Waals surface area contributed by atoms with Crippen LogP contribution in [0.15, 0.2) is 23.3 Å². The zero-order chi connectivity index (χ0) is 20.3. The Kier molecular flexibility index (Phi) is 5.93. The van der Waals surface area contributed by atoms with Gasteiger partial charge in [0.15, 0.2) is 0 Å². The van der Waals surface area contributed by atoms with Gasteiger partial charge < -0.3 is 19.7 Å². The van der Waals surface area contributed by atoms with Gasteiger partial charge in [-0.25, -0.2) is 14.2 Å². The Morgan fingerprint density at radius 3 is 2.86 bits per heavy atom. The van der Waals surface area contributed by atoms with E-state index in [2.05, 4.69) is 10.4 Å². The van der Waals surface area contributed by atoms with E-state index in [1.807, 2.05) is 0 Å². The van der Waals surface area contributed by atoms with E-state index in [-0.39, 0.29) is 24.2 Å². The number of carbonyl (C=O) groups excluding carboxylic acids is 2. The van der Waals surface area contributed by atoms with Crippen LogP contribution < -0.4 is 15.1 Å². The lowest BCUT2D eigenvalue weighted by atomic mass is 10.2. The molecule has 2 aliphatic rings. The molecule has 1 N–H and O–H groups in total. The largest absolute Gasteiger partial charge is 0.473 e. The third-order valence-electron chi connectivity index (χ3n) is 4.27. The van der Waals surface area contributed by atoms with Gasteiger partial charge >= 0.3 is 6.09 Å². The van der Waals surface area contributed by atoms with Crippen molar-refractivity contribution in [2.24, 2.45) is 5.10 Å². The Bertz CT molecular complexity index is 821.